The maximum absolute atomic E-state index is 12.8. The largest absolute Gasteiger partial charge is 0.339 e. The third kappa shape index (κ3) is 8.00. The summed E-state index contributed by atoms with van der Waals surface area (Å²) in [6.07, 6.45) is 2.81. The number of hydrogen-bond donors (Lipinski definition) is 3. The van der Waals surface area contributed by atoms with Crippen LogP contribution in [0, 0.1) is 11.8 Å². The predicted molar refractivity (Wildman–Crippen MR) is 107 cm³/mol. The lowest BCUT2D eigenvalue weighted by molar-refractivity contribution is -0.682. The molecule has 0 fully saturated rings. The number of hydrogen-bond acceptors (Lipinski definition) is 2. The topological polar surface area (TPSA) is 74.8 Å². The molecule has 0 saturated carbocycles. The summed E-state index contributed by atoms with van der Waals surface area (Å²) in [5.41, 5.74) is 0.746. The summed E-state index contributed by atoms with van der Waals surface area (Å²) >= 11 is 0. The number of quaternary nitrogens is 1. The summed E-state index contributed by atoms with van der Waals surface area (Å²) in [5.74, 6) is 0.311. The summed E-state index contributed by atoms with van der Waals surface area (Å²) in [4.78, 5) is 25.5. The Morgan fingerprint density at radius 3 is 2.23 bits per heavy atom. The van der Waals surface area contributed by atoms with Crippen LogP contribution in [0.3, 0.4) is 0 Å². The van der Waals surface area contributed by atoms with Crippen LogP contribution in [-0.4, -0.2) is 30.4 Å². The Bertz CT molecular complexity index is 543. The average molecular weight is 363 g/mol. The minimum Gasteiger partial charge on any atom is -0.339 e. The van der Waals surface area contributed by atoms with Crippen molar-refractivity contribution < 1.29 is 14.9 Å². The van der Waals surface area contributed by atoms with Crippen LogP contribution in [0.1, 0.15) is 53.9 Å². The molecule has 0 bridgehead atoms. The second-order valence-electron chi connectivity index (χ2n) is 7.69. The molecule has 0 aromatic heterocycles. The molecule has 0 saturated heterocycles. The number of benzene rings is 1. The van der Waals surface area contributed by atoms with Crippen molar-refractivity contribution in [2.24, 2.45) is 11.8 Å². The van der Waals surface area contributed by atoms with Gasteiger partial charge in [0.15, 0.2) is 6.04 Å². The molecule has 1 aromatic rings. The lowest BCUT2D eigenvalue weighted by atomic mass is 9.99. The number of para-hydroxylation sites is 1. The van der Waals surface area contributed by atoms with Gasteiger partial charge in [0.1, 0.15) is 6.04 Å². The van der Waals surface area contributed by atoms with Crippen LogP contribution in [-0.2, 0) is 9.59 Å². The molecule has 2 atom stereocenters. The molecule has 0 aliphatic carbocycles. The minimum atomic E-state index is -0.525. The van der Waals surface area contributed by atoms with Crippen LogP contribution in [0.5, 0.6) is 0 Å². The van der Waals surface area contributed by atoms with Gasteiger partial charge in [0.05, 0.1) is 6.54 Å². The van der Waals surface area contributed by atoms with E-state index in [0.717, 1.165) is 25.1 Å². The SMILES string of the molecule is CCCC[NH2+][C@H](C(=O)N[C@@H](CC(C)C)C(=O)Nc1ccccc1)C(C)C. The molecule has 5 nitrogen and oxygen atoms in total. The molecular weight excluding hydrogens is 326 g/mol. The maximum Gasteiger partial charge on any atom is 0.279 e. The van der Waals surface area contributed by atoms with Crippen molar-refractivity contribution in [1.82, 2.24) is 5.32 Å². The van der Waals surface area contributed by atoms with Gasteiger partial charge in [-0.05, 0) is 30.9 Å². The van der Waals surface area contributed by atoms with Gasteiger partial charge in [0.2, 0.25) is 5.91 Å². The van der Waals surface area contributed by atoms with Crippen LogP contribution in [0.25, 0.3) is 0 Å². The Balaban J connectivity index is 2.77. The number of nitrogens with two attached hydrogens (primary N) is 1. The van der Waals surface area contributed by atoms with E-state index in [1.807, 2.05) is 44.2 Å². The number of rotatable bonds is 11. The molecule has 2 amide bonds. The van der Waals surface area contributed by atoms with Gasteiger partial charge in [-0.25, -0.2) is 0 Å². The lowest BCUT2D eigenvalue weighted by Crippen LogP contribution is -2.94. The Morgan fingerprint density at radius 1 is 1.04 bits per heavy atom. The van der Waals surface area contributed by atoms with Crippen molar-refractivity contribution in [1.29, 1.82) is 0 Å². The zero-order chi connectivity index (χ0) is 19.5. The molecule has 0 aliphatic rings. The summed E-state index contributed by atoms with van der Waals surface area (Å²) in [6.45, 7) is 11.3. The molecule has 0 unspecified atom stereocenters. The van der Waals surface area contributed by atoms with E-state index in [1.54, 1.807) is 0 Å². The van der Waals surface area contributed by atoms with Gasteiger partial charge in [0, 0.05) is 11.6 Å². The highest BCUT2D eigenvalue weighted by Gasteiger charge is 2.30. The average Bonchev–Trinajstić information content (AvgIpc) is 2.58. The first-order valence-corrected chi connectivity index (χ1v) is 9.84. The molecule has 4 N–H and O–H groups in total. The number of anilines is 1. The van der Waals surface area contributed by atoms with Crippen LogP contribution in [0.4, 0.5) is 5.69 Å². The summed E-state index contributed by atoms with van der Waals surface area (Å²) < 4.78 is 0. The van der Waals surface area contributed by atoms with Gasteiger partial charge in [0.25, 0.3) is 5.91 Å². The van der Waals surface area contributed by atoms with Crippen LogP contribution < -0.4 is 16.0 Å². The lowest BCUT2D eigenvalue weighted by Gasteiger charge is -2.24. The molecular formula is C21H36N3O2+. The van der Waals surface area contributed by atoms with E-state index in [2.05, 4.69) is 36.7 Å². The zero-order valence-electron chi connectivity index (χ0n) is 16.9. The summed E-state index contributed by atoms with van der Waals surface area (Å²) in [5, 5.41) is 8.01. The fourth-order valence-electron chi connectivity index (χ4n) is 2.91. The number of carbonyl (C=O) groups is 2. The van der Waals surface area contributed by atoms with Gasteiger partial charge in [-0.3, -0.25) is 9.59 Å². The molecule has 0 radical (unpaired) electrons. The number of carbonyl (C=O) groups excluding carboxylic acids is 2. The second-order valence-corrected chi connectivity index (χ2v) is 7.69. The Kier molecular flexibility index (Phi) is 9.96. The van der Waals surface area contributed by atoms with E-state index in [0.29, 0.717) is 12.3 Å². The minimum absolute atomic E-state index is 0.0510. The molecule has 0 spiro atoms. The third-order valence-corrected chi connectivity index (χ3v) is 4.38. The maximum atomic E-state index is 12.8. The van der Waals surface area contributed by atoms with Crippen molar-refractivity contribution in [2.75, 3.05) is 11.9 Å². The van der Waals surface area contributed by atoms with Gasteiger partial charge in [-0.2, -0.15) is 0 Å². The first kappa shape index (κ1) is 22.2. The molecule has 5 heteroatoms. The quantitative estimate of drug-likeness (QED) is 0.529. The van der Waals surface area contributed by atoms with Gasteiger partial charge in [-0.15, -0.1) is 0 Å². The van der Waals surface area contributed by atoms with Crippen molar-refractivity contribution in [3.63, 3.8) is 0 Å². The fraction of sp³-hybridized carbons (Fsp3) is 0.619. The molecule has 26 heavy (non-hydrogen) atoms. The normalized spacial score (nSPS) is 13.5. The molecule has 0 aliphatic heterocycles. The Labute approximate surface area is 158 Å². The second kappa shape index (κ2) is 11.7. The monoisotopic (exact) mass is 362 g/mol. The highest BCUT2D eigenvalue weighted by molar-refractivity contribution is 5.97. The number of nitrogens with one attached hydrogen (secondary N) is 2. The molecule has 0 heterocycles. The van der Waals surface area contributed by atoms with Gasteiger partial charge in [-0.1, -0.05) is 59.2 Å². The summed E-state index contributed by atoms with van der Waals surface area (Å²) in [6, 6.07) is 8.67. The highest BCUT2D eigenvalue weighted by Crippen LogP contribution is 2.11. The first-order valence-electron chi connectivity index (χ1n) is 9.84. The Morgan fingerprint density at radius 2 is 1.69 bits per heavy atom. The number of unbranched alkanes of at least 4 members (excludes halogenated alkanes) is 1. The first-order chi connectivity index (χ1) is 12.3. The van der Waals surface area contributed by atoms with E-state index in [4.69, 9.17) is 0 Å². The van der Waals surface area contributed by atoms with Crippen molar-refractivity contribution in [3.8, 4) is 0 Å². The predicted octanol–water partition coefficient (Wildman–Crippen LogP) is 2.54. The van der Waals surface area contributed by atoms with E-state index >= 15 is 0 Å². The smallest absolute Gasteiger partial charge is 0.279 e. The molecule has 1 aromatic carbocycles. The molecule has 146 valence electrons. The van der Waals surface area contributed by atoms with E-state index in [-0.39, 0.29) is 23.8 Å². The van der Waals surface area contributed by atoms with Crippen LogP contribution in [0.15, 0.2) is 30.3 Å². The van der Waals surface area contributed by atoms with E-state index < -0.39 is 6.04 Å². The third-order valence-electron chi connectivity index (χ3n) is 4.38. The van der Waals surface area contributed by atoms with Crippen LogP contribution in [0.2, 0.25) is 0 Å². The van der Waals surface area contributed by atoms with Crippen molar-refractivity contribution in [3.05, 3.63) is 30.3 Å². The van der Waals surface area contributed by atoms with E-state index in [1.165, 1.54) is 0 Å². The number of amides is 2. The standard InChI is InChI=1S/C21H35N3O2/c1-6-7-13-22-19(16(4)5)21(26)24-18(14-15(2)3)20(25)23-17-11-9-8-10-12-17/h8-12,15-16,18-19,22H,6-7,13-14H2,1-5H3,(H,23,25)(H,24,26)/p+1/t18-,19-/m0/s1. The van der Waals surface area contributed by atoms with Crippen molar-refractivity contribution >= 4 is 17.5 Å². The van der Waals surface area contributed by atoms with Gasteiger partial charge >= 0.3 is 0 Å². The van der Waals surface area contributed by atoms with Crippen LogP contribution >= 0.6 is 0 Å². The zero-order valence-corrected chi connectivity index (χ0v) is 16.9. The van der Waals surface area contributed by atoms with E-state index in [9.17, 15) is 9.59 Å². The fourth-order valence-corrected chi connectivity index (χ4v) is 2.91. The van der Waals surface area contributed by atoms with Gasteiger partial charge < -0.3 is 16.0 Å². The highest BCUT2D eigenvalue weighted by atomic mass is 16.2. The van der Waals surface area contributed by atoms with Crippen molar-refractivity contribution in [2.45, 2.75) is 66.0 Å². The molecule has 1 rings (SSSR count). The Hall–Kier alpha value is -1.88. The summed E-state index contributed by atoms with van der Waals surface area (Å²) in [7, 11) is 0.